The van der Waals surface area contributed by atoms with Gasteiger partial charge in [-0.3, -0.25) is 14.0 Å². The van der Waals surface area contributed by atoms with Gasteiger partial charge in [-0.05, 0) is 67.1 Å². The van der Waals surface area contributed by atoms with E-state index in [2.05, 4.69) is 9.88 Å². The molecule has 5 aromatic rings. The molecule has 1 amide bonds. The first-order chi connectivity index (χ1) is 23.8. The number of carbonyl (C=O) groups is 1. The van der Waals surface area contributed by atoms with Gasteiger partial charge in [-0.25, -0.2) is 13.4 Å². The van der Waals surface area contributed by atoms with Gasteiger partial charge in [0.05, 0.1) is 16.8 Å². The largest absolute Gasteiger partial charge is 0.484 e. The first-order valence-electron chi connectivity index (χ1n) is 15.9. The topological polar surface area (TPSA) is 97.2 Å². The van der Waals surface area contributed by atoms with Crippen LogP contribution in [-0.4, -0.2) is 79.7 Å². The van der Waals surface area contributed by atoms with Crippen molar-refractivity contribution < 1.29 is 35.9 Å². The highest BCUT2D eigenvalue weighted by Crippen LogP contribution is 2.29. The first kappa shape index (κ1) is 34.8. The molecule has 0 spiro atoms. The summed E-state index contributed by atoms with van der Waals surface area (Å²) in [5, 5.41) is 0.815. The molecule has 3 aromatic carbocycles. The van der Waals surface area contributed by atoms with E-state index in [1.165, 1.54) is 29.7 Å². The number of aromatic nitrogens is 2. The maximum Gasteiger partial charge on any atom is 0.422 e. The molecule has 6 rings (SSSR count). The van der Waals surface area contributed by atoms with E-state index in [1.807, 2.05) is 41.6 Å². The van der Waals surface area contributed by atoms with Crippen LogP contribution < -0.4 is 13.8 Å². The smallest absolute Gasteiger partial charge is 0.422 e. The number of amides is 1. The van der Waals surface area contributed by atoms with Crippen LogP contribution in [0.2, 0.25) is 0 Å². The molecule has 0 N–H and O–H groups in total. The van der Waals surface area contributed by atoms with Crippen molar-refractivity contribution in [2.75, 3.05) is 44.1 Å². The van der Waals surface area contributed by atoms with Gasteiger partial charge < -0.3 is 18.9 Å². The monoisotopic (exact) mass is 707 g/mol. The molecule has 2 aromatic heterocycles. The Hall–Kier alpha value is -5.08. The van der Waals surface area contributed by atoms with Crippen LogP contribution in [0, 0.1) is 6.92 Å². The summed E-state index contributed by atoms with van der Waals surface area (Å²) in [5.41, 5.74) is 3.69. The number of alkyl halides is 3. The van der Waals surface area contributed by atoms with Gasteiger partial charge in [-0.15, -0.1) is 0 Å². The molecule has 262 valence electrons. The van der Waals surface area contributed by atoms with Gasteiger partial charge in [0.25, 0.3) is 15.9 Å². The molecule has 10 nitrogen and oxygen atoms in total. The number of rotatable bonds is 10. The second-order valence-electron chi connectivity index (χ2n) is 12.2. The number of halogens is 3. The molecule has 1 aliphatic rings. The predicted octanol–water partition coefficient (Wildman–Crippen LogP) is 6.40. The number of nitrogens with zero attached hydrogens (tertiary/aromatic N) is 5. The van der Waals surface area contributed by atoms with E-state index in [-0.39, 0.29) is 22.4 Å². The summed E-state index contributed by atoms with van der Waals surface area (Å²) in [6.07, 6.45) is -2.95. The van der Waals surface area contributed by atoms with Crippen molar-refractivity contribution in [3.05, 3.63) is 108 Å². The molecule has 0 aliphatic carbocycles. The Balaban J connectivity index is 1.05. The lowest BCUT2D eigenvalue weighted by Crippen LogP contribution is -2.48. The number of hydrogen-bond donors (Lipinski definition) is 0. The van der Waals surface area contributed by atoms with Crippen molar-refractivity contribution in [2.45, 2.75) is 24.5 Å². The summed E-state index contributed by atoms with van der Waals surface area (Å²) < 4.78 is 77.1. The van der Waals surface area contributed by atoms with Crippen LogP contribution in [0.15, 0.2) is 96.0 Å². The molecule has 0 radical (unpaired) electrons. The summed E-state index contributed by atoms with van der Waals surface area (Å²) in [7, 11) is -0.442. The van der Waals surface area contributed by atoms with E-state index in [1.54, 1.807) is 54.6 Å². The van der Waals surface area contributed by atoms with Gasteiger partial charge in [0.1, 0.15) is 17.2 Å². The zero-order chi connectivity index (χ0) is 35.6. The van der Waals surface area contributed by atoms with Gasteiger partial charge in [0.2, 0.25) is 5.88 Å². The van der Waals surface area contributed by atoms with Crippen molar-refractivity contribution in [2.24, 2.45) is 7.05 Å². The number of aryl methyl sites for hydroxylation is 2. The lowest BCUT2D eigenvalue weighted by molar-refractivity contribution is -0.153. The zero-order valence-corrected chi connectivity index (χ0v) is 28.5. The summed E-state index contributed by atoms with van der Waals surface area (Å²) in [6, 6.07) is 23.8. The molecule has 14 heteroatoms. The number of sulfonamides is 1. The van der Waals surface area contributed by atoms with Crippen LogP contribution in [0.3, 0.4) is 0 Å². The molecule has 0 bridgehead atoms. The van der Waals surface area contributed by atoms with E-state index in [0.717, 1.165) is 22.0 Å². The molecule has 1 aliphatic heterocycles. The third kappa shape index (κ3) is 7.87. The maximum atomic E-state index is 13.6. The molecule has 1 saturated heterocycles. The van der Waals surface area contributed by atoms with E-state index in [4.69, 9.17) is 9.47 Å². The van der Waals surface area contributed by atoms with E-state index < -0.39 is 22.8 Å². The number of carbonyl (C=O) groups excluding carboxylic acids is 1. The number of anilines is 1. The van der Waals surface area contributed by atoms with Crippen molar-refractivity contribution in [3.8, 4) is 17.4 Å². The van der Waals surface area contributed by atoms with E-state index in [0.29, 0.717) is 49.9 Å². The SMILES string of the molecule is Cc1ccc(S(=O)(=O)N(C)c2ccc(Oc3ccc4c(c3)cc(C(=O)N3CCN(Cc5ccc(OCC(F)(F)F)cc5)CC3)n4C)nc2)cc1. The highest BCUT2D eigenvalue weighted by atomic mass is 32.2. The van der Waals surface area contributed by atoms with Crippen molar-refractivity contribution in [3.63, 3.8) is 0 Å². The first-order valence-corrected chi connectivity index (χ1v) is 17.3. The van der Waals surface area contributed by atoms with Gasteiger partial charge in [0.15, 0.2) is 6.61 Å². The van der Waals surface area contributed by atoms with Crippen molar-refractivity contribution in [1.82, 2.24) is 19.4 Å². The molecular formula is C36H36F3N5O5S. The fourth-order valence-electron chi connectivity index (χ4n) is 5.73. The summed E-state index contributed by atoms with van der Waals surface area (Å²) >= 11 is 0. The van der Waals surface area contributed by atoms with Crippen molar-refractivity contribution >= 4 is 32.5 Å². The fourth-order valence-corrected chi connectivity index (χ4v) is 6.91. The van der Waals surface area contributed by atoms with Crippen LogP contribution in [0.1, 0.15) is 21.6 Å². The van der Waals surface area contributed by atoms with Crippen LogP contribution in [-0.2, 0) is 23.6 Å². The number of hydrogen-bond acceptors (Lipinski definition) is 7. The molecule has 3 heterocycles. The number of pyridine rings is 1. The Morgan fingerprint density at radius 3 is 2.22 bits per heavy atom. The van der Waals surface area contributed by atoms with Gasteiger partial charge >= 0.3 is 6.18 Å². The summed E-state index contributed by atoms with van der Waals surface area (Å²) in [6.45, 7) is 3.54. The molecular weight excluding hydrogens is 671 g/mol. The number of fused-ring (bicyclic) bond motifs is 1. The van der Waals surface area contributed by atoms with Gasteiger partial charge in [-0.1, -0.05) is 29.8 Å². The highest BCUT2D eigenvalue weighted by Gasteiger charge is 2.29. The standard InChI is InChI=1S/C36H36F3N5O5S/c1-25-4-12-31(13-5-25)50(46,47)42(3)28-8-15-34(40-22-28)49-30-11-14-32-27(20-30)21-33(41(32)2)35(45)44-18-16-43(17-19-44)23-26-6-9-29(10-7-26)48-24-36(37,38)39/h4-15,20-22H,16-19,23-24H2,1-3H3. The molecule has 0 saturated carbocycles. The predicted molar refractivity (Wildman–Crippen MR) is 183 cm³/mol. The second-order valence-corrected chi connectivity index (χ2v) is 14.1. The van der Waals surface area contributed by atoms with Gasteiger partial charge in [0, 0.05) is 63.8 Å². The molecule has 50 heavy (non-hydrogen) atoms. The van der Waals surface area contributed by atoms with Crippen molar-refractivity contribution in [1.29, 1.82) is 0 Å². The Labute approximate surface area is 288 Å². The molecule has 0 unspecified atom stereocenters. The van der Waals surface area contributed by atoms with E-state index >= 15 is 0 Å². The lowest BCUT2D eigenvalue weighted by atomic mass is 10.2. The number of piperazine rings is 1. The molecule has 0 atom stereocenters. The average Bonchev–Trinajstić information content (AvgIpc) is 3.43. The van der Waals surface area contributed by atoms with Crippen LogP contribution >= 0.6 is 0 Å². The quantitative estimate of drug-likeness (QED) is 0.166. The Morgan fingerprint density at radius 2 is 1.58 bits per heavy atom. The third-order valence-corrected chi connectivity index (χ3v) is 10.4. The average molecular weight is 708 g/mol. The normalized spacial score (nSPS) is 14.2. The maximum absolute atomic E-state index is 13.6. The van der Waals surface area contributed by atoms with E-state index in [9.17, 15) is 26.4 Å². The summed E-state index contributed by atoms with van der Waals surface area (Å²) in [5.74, 6) is 0.874. The minimum absolute atomic E-state index is 0.0843. The summed E-state index contributed by atoms with van der Waals surface area (Å²) in [4.78, 5) is 22.1. The third-order valence-electron chi connectivity index (χ3n) is 8.61. The highest BCUT2D eigenvalue weighted by molar-refractivity contribution is 7.92. The minimum atomic E-state index is -4.39. The van der Waals surface area contributed by atoms with Crippen LogP contribution in [0.5, 0.6) is 17.4 Å². The Morgan fingerprint density at radius 1 is 0.900 bits per heavy atom. The minimum Gasteiger partial charge on any atom is -0.484 e. The van der Waals surface area contributed by atoms with Crippen LogP contribution in [0.25, 0.3) is 10.9 Å². The fraction of sp³-hybridized carbons (Fsp3) is 0.278. The second kappa shape index (κ2) is 14.0. The van der Waals surface area contributed by atoms with Crippen LogP contribution in [0.4, 0.5) is 18.9 Å². The van der Waals surface area contributed by atoms with Gasteiger partial charge in [-0.2, -0.15) is 13.2 Å². The Bertz CT molecular complexity index is 2080. The zero-order valence-electron chi connectivity index (χ0n) is 27.7. The Kier molecular flexibility index (Phi) is 9.76. The lowest BCUT2D eigenvalue weighted by Gasteiger charge is -2.34. The number of benzene rings is 3. The molecule has 1 fully saturated rings. The number of ether oxygens (including phenoxy) is 2.